The molecule has 3 rings (SSSR count). The van der Waals surface area contributed by atoms with E-state index < -0.39 is 11.7 Å². The molecule has 1 N–H and O–H groups in total. The summed E-state index contributed by atoms with van der Waals surface area (Å²) >= 11 is 6.08. The summed E-state index contributed by atoms with van der Waals surface area (Å²) in [7, 11) is 3.22. The van der Waals surface area contributed by atoms with Crippen molar-refractivity contribution in [2.24, 2.45) is 0 Å². The molecule has 2 amide bonds. The van der Waals surface area contributed by atoms with Gasteiger partial charge >= 0.3 is 0 Å². The molecule has 0 aliphatic heterocycles. The van der Waals surface area contributed by atoms with E-state index in [1.807, 2.05) is 0 Å². The molecular formula is C24H22ClFN2O3. The van der Waals surface area contributed by atoms with E-state index in [1.54, 1.807) is 63.5 Å². The third-order valence-electron chi connectivity index (χ3n) is 4.85. The second-order valence-electron chi connectivity index (χ2n) is 7.08. The normalized spacial score (nSPS) is 10.5. The molecule has 7 heteroatoms. The Morgan fingerprint density at radius 1 is 1.10 bits per heavy atom. The van der Waals surface area contributed by atoms with Crippen molar-refractivity contribution in [2.45, 2.75) is 13.5 Å². The first-order chi connectivity index (χ1) is 14.8. The zero-order valence-corrected chi connectivity index (χ0v) is 18.2. The summed E-state index contributed by atoms with van der Waals surface area (Å²) in [5.41, 5.74) is 2.28. The third kappa shape index (κ3) is 5.22. The number of carbonyl (C=O) groups excluding carboxylic acids is 2. The van der Waals surface area contributed by atoms with E-state index in [4.69, 9.17) is 16.3 Å². The second-order valence-corrected chi connectivity index (χ2v) is 7.52. The lowest BCUT2D eigenvalue weighted by atomic mass is 10.1. The highest BCUT2D eigenvalue weighted by Crippen LogP contribution is 2.25. The summed E-state index contributed by atoms with van der Waals surface area (Å²) < 4.78 is 19.3. The predicted octanol–water partition coefficient (Wildman–Crippen LogP) is 5.32. The van der Waals surface area contributed by atoms with Crippen molar-refractivity contribution < 1.29 is 18.7 Å². The van der Waals surface area contributed by atoms with Gasteiger partial charge in [0.05, 0.1) is 12.7 Å². The van der Waals surface area contributed by atoms with Crippen LogP contribution in [0.4, 0.5) is 10.1 Å². The summed E-state index contributed by atoms with van der Waals surface area (Å²) in [6.07, 6.45) is 0. The maximum Gasteiger partial charge on any atom is 0.258 e. The van der Waals surface area contributed by atoms with Gasteiger partial charge in [-0.1, -0.05) is 29.8 Å². The van der Waals surface area contributed by atoms with Gasteiger partial charge in [-0.05, 0) is 55.0 Å². The third-order valence-corrected chi connectivity index (χ3v) is 5.08. The van der Waals surface area contributed by atoms with E-state index in [9.17, 15) is 14.0 Å². The van der Waals surface area contributed by atoms with Gasteiger partial charge in [0, 0.05) is 35.4 Å². The number of hydrogen-bond acceptors (Lipinski definition) is 3. The molecule has 0 saturated heterocycles. The molecule has 0 unspecified atom stereocenters. The van der Waals surface area contributed by atoms with Crippen molar-refractivity contribution in [3.05, 3.63) is 93.8 Å². The fourth-order valence-corrected chi connectivity index (χ4v) is 3.34. The van der Waals surface area contributed by atoms with E-state index in [-0.39, 0.29) is 18.0 Å². The number of amides is 2. The van der Waals surface area contributed by atoms with Gasteiger partial charge < -0.3 is 15.0 Å². The fourth-order valence-electron chi connectivity index (χ4n) is 3.14. The van der Waals surface area contributed by atoms with E-state index in [2.05, 4.69) is 5.32 Å². The molecule has 0 aromatic heterocycles. The predicted molar refractivity (Wildman–Crippen MR) is 119 cm³/mol. The molecule has 3 aromatic carbocycles. The molecule has 0 heterocycles. The number of rotatable bonds is 6. The average Bonchev–Trinajstić information content (AvgIpc) is 2.75. The Morgan fingerprint density at radius 2 is 1.84 bits per heavy atom. The van der Waals surface area contributed by atoms with Crippen LogP contribution in [0, 0.1) is 12.7 Å². The van der Waals surface area contributed by atoms with Crippen LogP contribution in [0.25, 0.3) is 0 Å². The number of benzene rings is 3. The van der Waals surface area contributed by atoms with Crippen molar-refractivity contribution in [3.8, 4) is 5.75 Å². The van der Waals surface area contributed by atoms with Gasteiger partial charge in [-0.25, -0.2) is 4.39 Å². The lowest BCUT2D eigenvalue weighted by Crippen LogP contribution is -2.26. The number of nitrogens with zero attached hydrogens (tertiary/aromatic N) is 1. The number of ether oxygens (including phenoxy) is 1. The number of nitrogens with one attached hydrogen (secondary N) is 1. The smallest absolute Gasteiger partial charge is 0.258 e. The Labute approximate surface area is 185 Å². The van der Waals surface area contributed by atoms with Gasteiger partial charge in [0.2, 0.25) is 0 Å². The summed E-state index contributed by atoms with van der Waals surface area (Å²) in [5.74, 6) is -0.808. The van der Waals surface area contributed by atoms with Crippen LogP contribution < -0.4 is 10.1 Å². The van der Waals surface area contributed by atoms with Crippen LogP contribution in [0.2, 0.25) is 5.02 Å². The summed E-state index contributed by atoms with van der Waals surface area (Å²) in [4.78, 5) is 27.0. The van der Waals surface area contributed by atoms with E-state index in [1.165, 1.54) is 23.1 Å². The lowest BCUT2D eigenvalue weighted by molar-refractivity contribution is 0.0784. The minimum atomic E-state index is -0.611. The van der Waals surface area contributed by atoms with Gasteiger partial charge in [-0.2, -0.15) is 0 Å². The number of aryl methyl sites for hydroxylation is 1. The zero-order valence-electron chi connectivity index (χ0n) is 17.4. The Hall–Kier alpha value is -3.38. The number of hydrogen-bond donors (Lipinski definition) is 1. The maximum absolute atomic E-state index is 13.9. The molecule has 0 spiro atoms. The Morgan fingerprint density at radius 3 is 2.55 bits per heavy atom. The van der Waals surface area contributed by atoms with Crippen LogP contribution in [-0.2, 0) is 6.54 Å². The van der Waals surface area contributed by atoms with Gasteiger partial charge in [-0.15, -0.1) is 0 Å². The molecule has 31 heavy (non-hydrogen) atoms. The molecule has 0 aliphatic carbocycles. The van der Waals surface area contributed by atoms with Crippen LogP contribution >= 0.6 is 11.6 Å². The molecule has 0 atom stereocenters. The summed E-state index contributed by atoms with van der Waals surface area (Å²) in [6.45, 7) is 2.08. The van der Waals surface area contributed by atoms with Crippen LogP contribution in [0.5, 0.6) is 5.75 Å². The van der Waals surface area contributed by atoms with Gasteiger partial charge in [0.1, 0.15) is 11.6 Å². The van der Waals surface area contributed by atoms with Crippen LogP contribution in [0.15, 0.2) is 60.7 Å². The minimum Gasteiger partial charge on any atom is -0.496 e. The molecule has 0 bridgehead atoms. The van der Waals surface area contributed by atoms with Crippen molar-refractivity contribution in [2.75, 3.05) is 19.5 Å². The van der Waals surface area contributed by atoms with Crippen LogP contribution in [0.3, 0.4) is 0 Å². The molecule has 0 saturated carbocycles. The average molecular weight is 441 g/mol. The molecule has 3 aromatic rings. The minimum absolute atomic E-state index is 0.0659. The van der Waals surface area contributed by atoms with Crippen molar-refractivity contribution in [1.29, 1.82) is 0 Å². The highest BCUT2D eigenvalue weighted by Gasteiger charge is 2.17. The SMILES string of the molecule is COc1ccc(Cl)cc1CN(C)C(=O)c1ccc(C)c(NC(=O)c2ccccc2F)c1. The van der Waals surface area contributed by atoms with Gasteiger partial charge in [0.25, 0.3) is 11.8 Å². The standard InChI is InChI=1S/C24H22ClFN2O3/c1-15-8-9-16(13-21(15)27-23(29)19-6-4-5-7-20(19)26)24(30)28(2)14-17-12-18(25)10-11-22(17)31-3/h4-13H,14H2,1-3H3,(H,27,29). The van der Waals surface area contributed by atoms with Crippen molar-refractivity contribution in [1.82, 2.24) is 4.90 Å². The Bertz CT molecular complexity index is 1130. The first-order valence-electron chi connectivity index (χ1n) is 9.54. The zero-order chi connectivity index (χ0) is 22.5. The van der Waals surface area contributed by atoms with Crippen molar-refractivity contribution in [3.63, 3.8) is 0 Å². The Balaban J connectivity index is 1.80. The number of anilines is 1. The quantitative estimate of drug-likeness (QED) is 0.564. The van der Waals surface area contributed by atoms with Gasteiger partial charge in [0.15, 0.2) is 0 Å². The number of carbonyl (C=O) groups is 2. The second kappa shape index (κ2) is 9.62. The first kappa shape index (κ1) is 22.3. The highest BCUT2D eigenvalue weighted by molar-refractivity contribution is 6.30. The largest absolute Gasteiger partial charge is 0.496 e. The van der Waals surface area contributed by atoms with Crippen LogP contribution in [0.1, 0.15) is 31.8 Å². The fraction of sp³-hybridized carbons (Fsp3) is 0.167. The highest BCUT2D eigenvalue weighted by atomic mass is 35.5. The number of halogens is 2. The maximum atomic E-state index is 13.9. The monoisotopic (exact) mass is 440 g/mol. The van der Waals surface area contributed by atoms with Crippen molar-refractivity contribution >= 4 is 29.1 Å². The van der Waals surface area contributed by atoms with E-state index >= 15 is 0 Å². The van der Waals surface area contributed by atoms with E-state index in [0.29, 0.717) is 22.0 Å². The van der Waals surface area contributed by atoms with Gasteiger partial charge in [-0.3, -0.25) is 9.59 Å². The van der Waals surface area contributed by atoms with Crippen LogP contribution in [-0.4, -0.2) is 30.9 Å². The Kier molecular flexibility index (Phi) is 6.92. The number of methoxy groups -OCH3 is 1. The first-order valence-corrected chi connectivity index (χ1v) is 9.92. The molecule has 0 aliphatic rings. The lowest BCUT2D eigenvalue weighted by Gasteiger charge is -2.20. The summed E-state index contributed by atoms with van der Waals surface area (Å²) in [5, 5.41) is 3.24. The molecule has 0 radical (unpaired) electrons. The molecule has 5 nitrogen and oxygen atoms in total. The van der Waals surface area contributed by atoms with E-state index in [0.717, 1.165) is 11.1 Å². The summed E-state index contributed by atoms with van der Waals surface area (Å²) in [6, 6.07) is 15.9. The molecule has 160 valence electrons. The molecular weight excluding hydrogens is 419 g/mol. The molecule has 0 fully saturated rings. The topological polar surface area (TPSA) is 58.6 Å².